The minimum Gasteiger partial charge on any atom is -0.493 e. The third kappa shape index (κ3) is 2.86. The van der Waals surface area contributed by atoms with E-state index < -0.39 is 11.9 Å². The number of hydrogen-bond donors (Lipinski definition) is 2. The van der Waals surface area contributed by atoms with Crippen molar-refractivity contribution in [3.05, 3.63) is 22.7 Å². The molecule has 5 nitrogen and oxygen atoms in total. The fourth-order valence-electron chi connectivity index (χ4n) is 1.70. The third-order valence-electron chi connectivity index (χ3n) is 2.52. The fraction of sp³-hybridized carbons (Fsp3) is 0.417. The van der Waals surface area contributed by atoms with E-state index in [1.807, 2.05) is 6.92 Å². The first-order chi connectivity index (χ1) is 8.56. The molecule has 0 saturated heterocycles. The number of primary amides is 1. The van der Waals surface area contributed by atoms with Crippen LogP contribution in [0.1, 0.15) is 18.5 Å². The minimum atomic E-state index is -0.651. The van der Waals surface area contributed by atoms with Gasteiger partial charge in [0.25, 0.3) is 0 Å². The summed E-state index contributed by atoms with van der Waals surface area (Å²) in [6.07, 6.45) is 0. The van der Waals surface area contributed by atoms with Crippen LogP contribution < -0.4 is 20.5 Å². The van der Waals surface area contributed by atoms with Gasteiger partial charge in [-0.05, 0) is 12.6 Å². The Kier molecular flexibility index (Phi) is 5.25. The summed E-state index contributed by atoms with van der Waals surface area (Å²) in [4.78, 5) is 11.4. The maximum absolute atomic E-state index is 11.4. The lowest BCUT2D eigenvalue weighted by Gasteiger charge is -2.18. The molecule has 100 valence electrons. The number of likely N-dealkylation sites (N-methyl/N-ethyl adjacent to an activating group) is 1. The van der Waals surface area contributed by atoms with Crippen LogP contribution in [0.3, 0.4) is 0 Å². The summed E-state index contributed by atoms with van der Waals surface area (Å²) in [5.74, 6) is 0.401. The molecule has 0 saturated carbocycles. The predicted molar refractivity (Wildman–Crippen MR) is 70.2 cm³/mol. The minimum absolute atomic E-state index is 0.321. The Morgan fingerprint density at radius 1 is 1.44 bits per heavy atom. The maximum Gasteiger partial charge on any atom is 0.239 e. The van der Waals surface area contributed by atoms with E-state index in [-0.39, 0.29) is 0 Å². The topological polar surface area (TPSA) is 73.6 Å². The lowest BCUT2D eigenvalue weighted by Crippen LogP contribution is -2.33. The Hall–Kier alpha value is -1.46. The number of nitrogens with one attached hydrogen (secondary N) is 1. The number of rotatable bonds is 6. The van der Waals surface area contributed by atoms with Crippen molar-refractivity contribution in [2.45, 2.75) is 13.0 Å². The second kappa shape index (κ2) is 6.47. The monoisotopic (exact) mass is 272 g/mol. The molecule has 0 bridgehead atoms. The highest BCUT2D eigenvalue weighted by atomic mass is 35.5. The van der Waals surface area contributed by atoms with Crippen molar-refractivity contribution in [1.82, 2.24) is 5.32 Å². The highest BCUT2D eigenvalue weighted by Gasteiger charge is 2.23. The summed E-state index contributed by atoms with van der Waals surface area (Å²) in [6, 6.07) is 2.73. The zero-order valence-electron chi connectivity index (χ0n) is 10.6. The molecule has 1 aromatic carbocycles. The molecule has 1 aromatic rings. The van der Waals surface area contributed by atoms with Gasteiger partial charge in [-0.2, -0.15) is 0 Å². The summed E-state index contributed by atoms with van der Waals surface area (Å²) in [6.45, 7) is 2.48. The molecule has 0 radical (unpaired) electrons. The molecule has 0 fully saturated rings. The number of carbonyl (C=O) groups is 1. The van der Waals surface area contributed by atoms with Gasteiger partial charge in [0.05, 0.1) is 19.2 Å². The van der Waals surface area contributed by atoms with Crippen LogP contribution in [0.4, 0.5) is 0 Å². The molecule has 3 N–H and O–H groups in total. The maximum atomic E-state index is 11.4. The van der Waals surface area contributed by atoms with Crippen molar-refractivity contribution in [3.8, 4) is 11.5 Å². The molecule has 0 aliphatic heterocycles. The van der Waals surface area contributed by atoms with E-state index >= 15 is 0 Å². The number of amides is 1. The quantitative estimate of drug-likeness (QED) is 0.823. The lowest BCUT2D eigenvalue weighted by atomic mass is 10.1. The molecule has 1 unspecified atom stereocenters. The third-order valence-corrected chi connectivity index (χ3v) is 2.91. The zero-order valence-corrected chi connectivity index (χ0v) is 11.4. The molecule has 0 aliphatic rings. The van der Waals surface area contributed by atoms with Crippen LogP contribution in [0.2, 0.25) is 5.02 Å². The number of carbonyl (C=O) groups excluding carboxylic acids is 1. The molecule has 0 aliphatic carbocycles. The number of methoxy groups -OCH3 is 2. The van der Waals surface area contributed by atoms with E-state index in [0.717, 1.165) is 0 Å². The molecular formula is C12H17ClN2O3. The fourth-order valence-corrected chi connectivity index (χ4v) is 2.04. The summed E-state index contributed by atoms with van der Waals surface area (Å²) in [5, 5.41) is 3.29. The van der Waals surface area contributed by atoms with Crippen LogP contribution in [0.15, 0.2) is 12.1 Å². The highest BCUT2D eigenvalue weighted by Crippen LogP contribution is 2.39. The second-order valence-corrected chi connectivity index (χ2v) is 3.98. The number of ether oxygens (including phenoxy) is 2. The summed E-state index contributed by atoms with van der Waals surface area (Å²) >= 11 is 6.21. The van der Waals surface area contributed by atoms with Gasteiger partial charge in [0.2, 0.25) is 5.91 Å². The average Bonchev–Trinajstić information content (AvgIpc) is 2.35. The van der Waals surface area contributed by atoms with Crippen molar-refractivity contribution in [2.75, 3.05) is 20.8 Å². The SMILES string of the molecule is CCNC(C(N)=O)c1ccc(OC)c(OC)c1Cl. The first-order valence-electron chi connectivity index (χ1n) is 5.49. The van der Waals surface area contributed by atoms with Crippen molar-refractivity contribution in [2.24, 2.45) is 5.73 Å². The molecule has 6 heteroatoms. The number of halogens is 1. The van der Waals surface area contributed by atoms with Crippen LogP contribution in [0.25, 0.3) is 0 Å². The van der Waals surface area contributed by atoms with Crippen LogP contribution in [0, 0.1) is 0 Å². The Morgan fingerprint density at radius 3 is 2.56 bits per heavy atom. The normalized spacial score (nSPS) is 12.0. The van der Waals surface area contributed by atoms with Gasteiger partial charge in [-0.25, -0.2) is 0 Å². The first kappa shape index (κ1) is 14.6. The van der Waals surface area contributed by atoms with Crippen LogP contribution in [-0.4, -0.2) is 26.7 Å². The standard InChI is InChI=1S/C12H17ClN2O3/c1-4-15-10(12(14)16)7-5-6-8(17-2)11(18-3)9(7)13/h5-6,10,15H,4H2,1-3H3,(H2,14,16). The largest absolute Gasteiger partial charge is 0.493 e. The predicted octanol–water partition coefficient (Wildman–Crippen LogP) is 1.49. The Balaban J connectivity index is 3.27. The van der Waals surface area contributed by atoms with Gasteiger partial charge in [0.1, 0.15) is 6.04 Å². The van der Waals surface area contributed by atoms with Gasteiger partial charge in [-0.15, -0.1) is 0 Å². The van der Waals surface area contributed by atoms with Crippen LogP contribution in [0.5, 0.6) is 11.5 Å². The Morgan fingerprint density at radius 2 is 2.11 bits per heavy atom. The first-order valence-corrected chi connectivity index (χ1v) is 5.87. The molecule has 1 rings (SSSR count). The van der Waals surface area contributed by atoms with E-state index in [1.54, 1.807) is 12.1 Å². The molecular weight excluding hydrogens is 256 g/mol. The summed E-state index contributed by atoms with van der Waals surface area (Å²) in [7, 11) is 3.00. The van der Waals surface area contributed by atoms with E-state index in [2.05, 4.69) is 5.32 Å². The van der Waals surface area contributed by atoms with Gasteiger partial charge in [-0.1, -0.05) is 24.6 Å². The highest BCUT2D eigenvalue weighted by molar-refractivity contribution is 6.33. The van der Waals surface area contributed by atoms with Gasteiger partial charge in [-0.3, -0.25) is 4.79 Å². The molecule has 0 spiro atoms. The van der Waals surface area contributed by atoms with Crippen molar-refractivity contribution in [3.63, 3.8) is 0 Å². The van der Waals surface area contributed by atoms with E-state index in [9.17, 15) is 4.79 Å². The van der Waals surface area contributed by atoms with Crippen LogP contribution >= 0.6 is 11.6 Å². The van der Waals surface area contributed by atoms with Crippen molar-refractivity contribution in [1.29, 1.82) is 0 Å². The molecule has 0 heterocycles. The molecule has 0 aromatic heterocycles. The van der Waals surface area contributed by atoms with Gasteiger partial charge in [0, 0.05) is 5.56 Å². The summed E-state index contributed by atoms with van der Waals surface area (Å²) < 4.78 is 10.3. The van der Waals surface area contributed by atoms with Gasteiger partial charge < -0.3 is 20.5 Å². The molecule has 1 amide bonds. The van der Waals surface area contributed by atoms with Gasteiger partial charge >= 0.3 is 0 Å². The average molecular weight is 273 g/mol. The van der Waals surface area contributed by atoms with Crippen LogP contribution in [-0.2, 0) is 4.79 Å². The van der Waals surface area contributed by atoms with E-state index in [0.29, 0.717) is 28.6 Å². The molecule has 1 atom stereocenters. The summed E-state index contributed by atoms with van der Waals surface area (Å²) in [5.41, 5.74) is 5.93. The zero-order chi connectivity index (χ0) is 13.7. The second-order valence-electron chi connectivity index (χ2n) is 3.60. The number of hydrogen-bond acceptors (Lipinski definition) is 4. The lowest BCUT2D eigenvalue weighted by molar-refractivity contribution is -0.120. The van der Waals surface area contributed by atoms with E-state index in [4.69, 9.17) is 26.8 Å². The van der Waals surface area contributed by atoms with Crippen molar-refractivity contribution < 1.29 is 14.3 Å². The Labute approximate surface area is 111 Å². The number of benzene rings is 1. The van der Waals surface area contributed by atoms with Gasteiger partial charge in [0.15, 0.2) is 11.5 Å². The molecule has 18 heavy (non-hydrogen) atoms. The Bertz CT molecular complexity index is 438. The van der Waals surface area contributed by atoms with Crippen molar-refractivity contribution >= 4 is 17.5 Å². The number of nitrogens with two attached hydrogens (primary N) is 1. The van der Waals surface area contributed by atoms with E-state index in [1.165, 1.54) is 14.2 Å². The smallest absolute Gasteiger partial charge is 0.239 e.